The number of phenols is 5. The van der Waals surface area contributed by atoms with Crippen LogP contribution in [0.2, 0.25) is 0 Å². The highest BCUT2D eigenvalue weighted by Gasteiger charge is 2.26. The molecule has 16 heteroatoms. The molecule has 0 amide bonds. The van der Waals surface area contributed by atoms with Crippen LogP contribution in [0.1, 0.15) is 74.9 Å². The van der Waals surface area contributed by atoms with Crippen molar-refractivity contribution in [1.82, 2.24) is 0 Å². The number of allylic oxidation sites excluding steroid dienone is 6. The molecule has 394 valence electrons. The van der Waals surface area contributed by atoms with Crippen molar-refractivity contribution in [2.24, 2.45) is 0 Å². The first-order valence-electron chi connectivity index (χ1n) is 23.7. The van der Waals surface area contributed by atoms with Gasteiger partial charge in [0.05, 0.1) is 21.3 Å². The molecule has 6 rings (SSSR count). The van der Waals surface area contributed by atoms with Gasteiger partial charge in [-0.3, -0.25) is 4.79 Å². The number of ether oxygens (including phenoxy) is 6. The molecule has 1 aromatic heterocycles. The number of methoxy groups -OCH3 is 3. The van der Waals surface area contributed by atoms with Gasteiger partial charge >= 0.3 is 17.9 Å². The van der Waals surface area contributed by atoms with Crippen LogP contribution in [0.25, 0.3) is 40.5 Å². The zero-order chi connectivity index (χ0) is 55.4. The van der Waals surface area contributed by atoms with Gasteiger partial charge < -0.3 is 58.4 Å². The summed E-state index contributed by atoms with van der Waals surface area (Å²) < 4.78 is 40.0. The molecule has 0 aliphatic heterocycles. The van der Waals surface area contributed by atoms with E-state index in [0.29, 0.717) is 52.6 Å². The molecule has 5 N–H and O–H groups in total. The third-order valence-corrected chi connectivity index (χ3v) is 11.5. The van der Waals surface area contributed by atoms with Crippen molar-refractivity contribution in [2.75, 3.05) is 21.3 Å². The Labute approximate surface area is 438 Å². The molecule has 16 nitrogen and oxygen atoms in total. The number of hydrogen-bond acceptors (Lipinski definition) is 16. The van der Waals surface area contributed by atoms with Gasteiger partial charge in [0, 0.05) is 52.6 Å². The molecule has 5 aromatic carbocycles. The van der Waals surface area contributed by atoms with E-state index in [1.807, 2.05) is 59.8 Å². The molecule has 0 aliphatic rings. The number of fused-ring (bicyclic) bond motifs is 1. The summed E-state index contributed by atoms with van der Waals surface area (Å²) in [4.78, 5) is 56.3. The Morgan fingerprint density at radius 3 is 1.30 bits per heavy atom. The van der Waals surface area contributed by atoms with E-state index in [1.165, 1.54) is 69.9 Å². The lowest BCUT2D eigenvalue weighted by molar-refractivity contribution is -0.130. The van der Waals surface area contributed by atoms with E-state index in [2.05, 4.69) is 0 Å². The van der Waals surface area contributed by atoms with Gasteiger partial charge in [-0.15, -0.1) is 0 Å². The smallest absolute Gasteiger partial charge is 0.336 e. The summed E-state index contributed by atoms with van der Waals surface area (Å²) in [6.45, 7) is 11.4. The molecule has 76 heavy (non-hydrogen) atoms. The second-order valence-corrected chi connectivity index (χ2v) is 17.9. The molecule has 0 bridgehead atoms. The Kier molecular flexibility index (Phi) is 18.4. The molecule has 0 atom stereocenters. The number of benzene rings is 5. The van der Waals surface area contributed by atoms with Crippen molar-refractivity contribution in [1.29, 1.82) is 0 Å². The van der Waals surface area contributed by atoms with E-state index in [1.54, 1.807) is 18.2 Å². The van der Waals surface area contributed by atoms with Crippen LogP contribution in [-0.4, -0.2) is 64.8 Å². The van der Waals surface area contributed by atoms with E-state index in [9.17, 15) is 44.7 Å². The monoisotopic (exact) mass is 1030 g/mol. The molecule has 0 radical (unpaired) electrons. The Morgan fingerprint density at radius 1 is 0.487 bits per heavy atom. The minimum atomic E-state index is -1.08. The Bertz CT molecular complexity index is 3460. The first-order valence-corrected chi connectivity index (χ1v) is 23.7. The van der Waals surface area contributed by atoms with Gasteiger partial charge in [-0.1, -0.05) is 53.1 Å². The summed E-state index contributed by atoms with van der Waals surface area (Å²) in [5.74, 6) is -5.88. The van der Waals surface area contributed by atoms with Gasteiger partial charge in [0.2, 0.25) is 11.2 Å². The molecule has 0 aliphatic carbocycles. The summed E-state index contributed by atoms with van der Waals surface area (Å²) in [6, 6.07) is 14.7. The number of rotatable bonds is 19. The minimum absolute atomic E-state index is 0.0540. The van der Waals surface area contributed by atoms with Gasteiger partial charge in [-0.05, 0) is 132 Å². The Hall–Kier alpha value is -9.44. The average Bonchev–Trinajstić information content (AvgIpc) is 3.39. The second kappa shape index (κ2) is 25.0. The summed E-state index contributed by atoms with van der Waals surface area (Å²) in [5.41, 5.74) is 4.69. The molecule has 0 fully saturated rings. The Morgan fingerprint density at radius 2 is 0.895 bits per heavy atom. The van der Waals surface area contributed by atoms with Crippen LogP contribution >= 0.6 is 0 Å². The number of esters is 3. The van der Waals surface area contributed by atoms with Crippen molar-refractivity contribution in [3.05, 3.63) is 164 Å². The van der Waals surface area contributed by atoms with E-state index in [0.717, 1.165) is 53.1 Å². The summed E-state index contributed by atoms with van der Waals surface area (Å²) in [6.07, 6.45) is 14.3. The molecule has 0 unspecified atom stereocenters. The van der Waals surface area contributed by atoms with Crippen LogP contribution in [0.3, 0.4) is 0 Å². The normalized spacial score (nSPS) is 11.2. The van der Waals surface area contributed by atoms with Gasteiger partial charge in [-0.25, -0.2) is 14.4 Å². The summed E-state index contributed by atoms with van der Waals surface area (Å²) in [5, 5.41) is 52.0. The number of phenolic OH excluding ortho intramolecular Hbond substituents is 5. The molecule has 0 saturated carbocycles. The lowest BCUT2D eigenvalue weighted by Crippen LogP contribution is -2.16. The van der Waals surface area contributed by atoms with Gasteiger partial charge in [0.1, 0.15) is 22.5 Å². The summed E-state index contributed by atoms with van der Waals surface area (Å²) >= 11 is 0. The van der Waals surface area contributed by atoms with Crippen LogP contribution in [0.5, 0.6) is 63.2 Å². The van der Waals surface area contributed by atoms with Gasteiger partial charge in [0.15, 0.2) is 51.8 Å². The maximum atomic E-state index is 14.9. The van der Waals surface area contributed by atoms with Crippen LogP contribution in [0.15, 0.2) is 129 Å². The number of carbonyl (C=O) groups is 3. The van der Waals surface area contributed by atoms with Crippen molar-refractivity contribution >= 4 is 47.1 Å². The number of hydrogen-bond donors (Lipinski definition) is 5. The van der Waals surface area contributed by atoms with Gasteiger partial charge in [-0.2, -0.15) is 0 Å². The fraction of sp³-hybridized carbons (Fsp3) is 0.200. The number of aromatic hydroxyl groups is 5. The van der Waals surface area contributed by atoms with E-state index in [4.69, 9.17) is 32.8 Å². The first-order chi connectivity index (χ1) is 36.2. The van der Waals surface area contributed by atoms with Crippen molar-refractivity contribution in [2.45, 2.75) is 60.8 Å². The lowest BCUT2D eigenvalue weighted by Gasteiger charge is -2.14. The topological polar surface area (TPSA) is 238 Å². The van der Waals surface area contributed by atoms with Crippen LogP contribution in [-0.2, 0) is 33.6 Å². The molecular formula is C60H58O16. The second-order valence-electron chi connectivity index (χ2n) is 17.9. The first kappa shape index (κ1) is 55.9. The van der Waals surface area contributed by atoms with Crippen LogP contribution in [0, 0.1) is 0 Å². The van der Waals surface area contributed by atoms with E-state index < -0.39 is 57.5 Å². The SMILES string of the molecule is COc1c(O)ccc(/C=C/C(=O)Oc2cc(OC(=O)/C=C/c3ccc(O)c(OC)c3CC=C(C)C)c3c(=O)c(OC(=O)/C=C/c4ccc(O)c(OC)c4CC=C(C)C)c(-c4ccc(O)c(O)c4)oc3c2)c1CC=C(C)C. The molecule has 6 aromatic rings. The third-order valence-electron chi connectivity index (χ3n) is 11.5. The predicted octanol–water partition coefficient (Wildman–Crippen LogP) is 11.4. The highest BCUT2D eigenvalue weighted by Crippen LogP contribution is 2.41. The maximum Gasteiger partial charge on any atom is 0.336 e. The highest BCUT2D eigenvalue weighted by atomic mass is 16.6. The fourth-order valence-corrected chi connectivity index (χ4v) is 7.82. The average molecular weight is 1040 g/mol. The van der Waals surface area contributed by atoms with Crippen molar-refractivity contribution in [3.63, 3.8) is 0 Å². The lowest BCUT2D eigenvalue weighted by atomic mass is 10.0. The van der Waals surface area contributed by atoms with Crippen molar-refractivity contribution < 1.29 is 72.8 Å². The molecule has 0 spiro atoms. The predicted molar refractivity (Wildman–Crippen MR) is 289 cm³/mol. The van der Waals surface area contributed by atoms with E-state index >= 15 is 0 Å². The van der Waals surface area contributed by atoms with Crippen LogP contribution in [0.4, 0.5) is 0 Å². The van der Waals surface area contributed by atoms with E-state index in [-0.39, 0.29) is 51.4 Å². The standard InChI is InChI=1S/C60H58O16/c1-33(2)10-20-41-36(13-24-45(62)57(41)70-7)17-27-51(66)73-40-31-49(74-52(67)28-18-37-14-25-46(63)58(71-8)42(37)21-11-34(3)4)54-50(32-40)75-56(39-16-23-44(61)48(65)30-39)60(55(54)69)76-53(68)29-19-38-15-26-47(64)59(72-9)43(38)22-12-35(5)6/h10-19,23-32,61-65H,20-22H2,1-9H3/b27-17+,28-18+,29-19+. The molecule has 1 heterocycles. The highest BCUT2D eigenvalue weighted by molar-refractivity contribution is 5.97. The maximum absolute atomic E-state index is 14.9. The van der Waals surface area contributed by atoms with Crippen molar-refractivity contribution in [3.8, 4) is 74.6 Å². The Balaban J connectivity index is 1.50. The quantitative estimate of drug-likeness (QED) is 0.0167. The minimum Gasteiger partial charge on any atom is -0.504 e. The summed E-state index contributed by atoms with van der Waals surface area (Å²) in [7, 11) is 4.21. The van der Waals surface area contributed by atoms with Crippen LogP contribution < -0.4 is 33.8 Å². The zero-order valence-electron chi connectivity index (χ0n) is 43.4. The zero-order valence-corrected chi connectivity index (χ0v) is 43.4. The number of carbonyl (C=O) groups excluding carboxylic acids is 3. The molecular weight excluding hydrogens is 977 g/mol. The molecule has 0 saturated heterocycles. The fourth-order valence-electron chi connectivity index (χ4n) is 7.82. The van der Waals surface area contributed by atoms with Gasteiger partial charge in [0.25, 0.3) is 0 Å². The largest absolute Gasteiger partial charge is 0.504 e. The third kappa shape index (κ3) is 13.6.